The van der Waals surface area contributed by atoms with Crippen LogP contribution in [0.5, 0.6) is 0 Å². The summed E-state index contributed by atoms with van der Waals surface area (Å²) in [6, 6.07) is 0. The number of hydrogen-bond donors (Lipinski definition) is 1. The number of carbonyl (C=O) groups excluding carboxylic acids is 1. The maximum Gasteiger partial charge on any atom is 0.311 e. The first-order chi connectivity index (χ1) is 7.98. The highest BCUT2D eigenvalue weighted by Crippen LogP contribution is 2.28. The minimum Gasteiger partial charge on any atom is -0.420 e. The first-order valence-electron chi connectivity index (χ1n) is 5.76. The Bertz CT molecular complexity index is 375. The van der Waals surface area contributed by atoms with E-state index in [1.165, 1.54) is 0 Å². The van der Waals surface area contributed by atoms with Gasteiger partial charge in [-0.05, 0) is 32.6 Å². The molecule has 1 amide bonds. The fourth-order valence-electron chi connectivity index (χ4n) is 2.19. The molecule has 0 atom stereocenters. The average Bonchev–Trinajstić information content (AvgIpc) is 2.80. The molecular weight excluding hydrogens is 222 g/mol. The summed E-state index contributed by atoms with van der Waals surface area (Å²) in [4.78, 5) is 13.6. The van der Waals surface area contributed by atoms with Crippen LogP contribution in [0.4, 0.5) is 0 Å². The molecule has 0 spiro atoms. The number of aromatic nitrogens is 2. The van der Waals surface area contributed by atoms with Crippen LogP contribution >= 0.6 is 0 Å². The van der Waals surface area contributed by atoms with Gasteiger partial charge in [0.15, 0.2) is 0 Å². The van der Waals surface area contributed by atoms with E-state index >= 15 is 0 Å². The smallest absolute Gasteiger partial charge is 0.311 e. The largest absolute Gasteiger partial charge is 0.420 e. The van der Waals surface area contributed by atoms with E-state index in [1.807, 2.05) is 13.8 Å². The Morgan fingerprint density at radius 2 is 2.18 bits per heavy atom. The van der Waals surface area contributed by atoms with Gasteiger partial charge in [-0.2, -0.15) is 0 Å². The predicted molar refractivity (Wildman–Crippen MR) is 59.2 cm³/mol. The van der Waals surface area contributed by atoms with Crippen molar-refractivity contribution in [3.63, 3.8) is 0 Å². The van der Waals surface area contributed by atoms with Crippen molar-refractivity contribution in [1.29, 1.82) is 0 Å². The second kappa shape index (κ2) is 4.44. The maximum absolute atomic E-state index is 11.9. The van der Waals surface area contributed by atoms with Crippen LogP contribution in [0.15, 0.2) is 10.8 Å². The molecule has 1 N–H and O–H groups in total. The molecule has 0 aliphatic carbocycles. The summed E-state index contributed by atoms with van der Waals surface area (Å²) >= 11 is 0. The molecule has 0 radical (unpaired) electrons. The molecule has 1 aliphatic heterocycles. The van der Waals surface area contributed by atoms with E-state index < -0.39 is 5.60 Å². The van der Waals surface area contributed by atoms with E-state index in [0.717, 1.165) is 19.2 Å². The fraction of sp³-hybridized carbons (Fsp3) is 0.727. The van der Waals surface area contributed by atoms with Gasteiger partial charge in [-0.1, -0.05) is 0 Å². The van der Waals surface area contributed by atoms with Gasteiger partial charge in [-0.3, -0.25) is 4.79 Å². The Morgan fingerprint density at radius 3 is 2.65 bits per heavy atom. The molecule has 1 aromatic rings. The van der Waals surface area contributed by atoms with E-state index in [1.54, 1.807) is 4.90 Å². The van der Waals surface area contributed by atoms with Crippen molar-refractivity contribution in [3.8, 4) is 0 Å². The van der Waals surface area contributed by atoms with Gasteiger partial charge in [0.1, 0.15) is 0 Å². The first-order valence-corrected chi connectivity index (χ1v) is 5.76. The molecule has 0 aromatic carbocycles. The highest BCUT2D eigenvalue weighted by atomic mass is 16.4. The van der Waals surface area contributed by atoms with Gasteiger partial charge in [0.2, 0.25) is 6.39 Å². The van der Waals surface area contributed by atoms with Gasteiger partial charge in [0.05, 0.1) is 5.60 Å². The van der Waals surface area contributed by atoms with Crippen molar-refractivity contribution in [2.45, 2.75) is 32.3 Å². The Kier molecular flexibility index (Phi) is 3.15. The van der Waals surface area contributed by atoms with Crippen LogP contribution in [-0.2, 0) is 0 Å². The third-order valence-corrected chi connectivity index (χ3v) is 3.32. The topological polar surface area (TPSA) is 79.5 Å². The quantitative estimate of drug-likeness (QED) is 0.821. The Labute approximate surface area is 99.6 Å². The number of rotatable bonds is 2. The molecule has 0 bridgehead atoms. The number of likely N-dealkylation sites (tertiary alicyclic amines) is 1. The molecule has 1 aromatic heterocycles. The van der Waals surface area contributed by atoms with Crippen molar-refractivity contribution < 1.29 is 14.3 Å². The lowest BCUT2D eigenvalue weighted by Gasteiger charge is -2.37. The number of hydrogen-bond acceptors (Lipinski definition) is 5. The first kappa shape index (κ1) is 12.0. The average molecular weight is 239 g/mol. The standard InChI is InChI=1S/C11H17N3O3/c1-11(2,16)8-3-5-14(6-4-8)10(15)9-13-12-7-17-9/h7-8,16H,3-6H2,1-2H3. The Balaban J connectivity index is 1.94. The molecule has 1 aliphatic rings. The van der Waals surface area contributed by atoms with Crippen molar-refractivity contribution >= 4 is 5.91 Å². The van der Waals surface area contributed by atoms with Crippen molar-refractivity contribution in [2.75, 3.05) is 13.1 Å². The van der Waals surface area contributed by atoms with Crippen LogP contribution in [0.2, 0.25) is 0 Å². The van der Waals surface area contributed by atoms with E-state index in [9.17, 15) is 9.90 Å². The highest BCUT2D eigenvalue weighted by molar-refractivity contribution is 5.89. The molecule has 6 nitrogen and oxygen atoms in total. The van der Waals surface area contributed by atoms with Crippen LogP contribution in [0.3, 0.4) is 0 Å². The summed E-state index contributed by atoms with van der Waals surface area (Å²) < 4.78 is 4.88. The summed E-state index contributed by atoms with van der Waals surface area (Å²) in [5, 5.41) is 17.0. The zero-order valence-electron chi connectivity index (χ0n) is 10.1. The monoisotopic (exact) mass is 239 g/mol. The van der Waals surface area contributed by atoms with Crippen LogP contribution in [-0.4, -0.2) is 44.8 Å². The van der Waals surface area contributed by atoms with Crippen molar-refractivity contribution in [3.05, 3.63) is 12.3 Å². The van der Waals surface area contributed by atoms with E-state index in [0.29, 0.717) is 13.1 Å². The van der Waals surface area contributed by atoms with Crippen LogP contribution in [0.1, 0.15) is 37.4 Å². The molecule has 2 heterocycles. The number of nitrogens with zero attached hydrogens (tertiary/aromatic N) is 3. The third-order valence-electron chi connectivity index (χ3n) is 3.32. The minimum absolute atomic E-state index is 0.0340. The van der Waals surface area contributed by atoms with E-state index in [-0.39, 0.29) is 17.7 Å². The van der Waals surface area contributed by atoms with Gasteiger partial charge in [-0.15, -0.1) is 10.2 Å². The molecule has 2 rings (SSSR count). The van der Waals surface area contributed by atoms with Gasteiger partial charge in [0, 0.05) is 13.1 Å². The summed E-state index contributed by atoms with van der Waals surface area (Å²) in [7, 11) is 0. The summed E-state index contributed by atoms with van der Waals surface area (Å²) in [6.45, 7) is 4.87. The zero-order chi connectivity index (χ0) is 12.5. The Hall–Kier alpha value is -1.43. The second-order valence-corrected chi connectivity index (χ2v) is 4.96. The van der Waals surface area contributed by atoms with Crippen molar-refractivity contribution in [2.24, 2.45) is 5.92 Å². The fourth-order valence-corrected chi connectivity index (χ4v) is 2.19. The van der Waals surface area contributed by atoms with E-state index in [4.69, 9.17) is 4.42 Å². The van der Waals surface area contributed by atoms with Crippen LogP contribution in [0, 0.1) is 5.92 Å². The van der Waals surface area contributed by atoms with Gasteiger partial charge in [-0.25, -0.2) is 0 Å². The molecule has 17 heavy (non-hydrogen) atoms. The highest BCUT2D eigenvalue weighted by Gasteiger charge is 2.33. The number of aliphatic hydroxyl groups is 1. The minimum atomic E-state index is -0.681. The maximum atomic E-state index is 11.9. The lowest BCUT2D eigenvalue weighted by molar-refractivity contribution is -0.0113. The number of piperidine rings is 1. The summed E-state index contributed by atoms with van der Waals surface area (Å²) in [6.07, 6.45) is 2.74. The van der Waals surface area contributed by atoms with Gasteiger partial charge in [0.25, 0.3) is 0 Å². The molecule has 0 unspecified atom stereocenters. The number of carbonyl (C=O) groups is 1. The lowest BCUT2D eigenvalue weighted by atomic mass is 9.83. The van der Waals surface area contributed by atoms with Crippen LogP contribution in [0.25, 0.3) is 0 Å². The Morgan fingerprint density at radius 1 is 1.53 bits per heavy atom. The molecule has 0 saturated carbocycles. The molecule has 94 valence electrons. The molecular formula is C11H17N3O3. The molecule has 1 saturated heterocycles. The SMILES string of the molecule is CC(C)(O)C1CCN(C(=O)c2nnco2)CC1. The zero-order valence-corrected chi connectivity index (χ0v) is 10.1. The normalized spacial score (nSPS) is 18.4. The second-order valence-electron chi connectivity index (χ2n) is 4.96. The number of amides is 1. The lowest BCUT2D eigenvalue weighted by Crippen LogP contribution is -2.44. The van der Waals surface area contributed by atoms with E-state index in [2.05, 4.69) is 10.2 Å². The van der Waals surface area contributed by atoms with Crippen molar-refractivity contribution in [1.82, 2.24) is 15.1 Å². The third kappa shape index (κ3) is 2.63. The van der Waals surface area contributed by atoms with Crippen LogP contribution < -0.4 is 0 Å². The predicted octanol–water partition coefficient (Wildman–Crippen LogP) is 0.693. The van der Waals surface area contributed by atoms with Gasteiger partial charge < -0.3 is 14.4 Å². The molecule has 1 fully saturated rings. The summed E-state index contributed by atoms with van der Waals surface area (Å²) in [5.41, 5.74) is -0.681. The summed E-state index contributed by atoms with van der Waals surface area (Å²) in [5.74, 6) is 0.0395. The van der Waals surface area contributed by atoms with Gasteiger partial charge >= 0.3 is 11.8 Å². The molecule has 6 heteroatoms.